The number of para-hydroxylation sites is 3. The molecule has 2 heterocycles. The number of benzene rings is 2. The Morgan fingerprint density at radius 3 is 2.53 bits per heavy atom. The lowest BCUT2D eigenvalue weighted by atomic mass is 10.1. The van der Waals surface area contributed by atoms with Gasteiger partial charge in [0, 0.05) is 19.1 Å². The number of piperidine rings is 1. The predicted molar refractivity (Wildman–Crippen MR) is 127 cm³/mol. The Morgan fingerprint density at radius 2 is 1.75 bits per heavy atom. The number of hydrogen-bond acceptors (Lipinski definition) is 6. The number of nitrogens with one attached hydrogen (secondary N) is 1. The first-order valence-electron chi connectivity index (χ1n) is 11.2. The number of amides is 1. The van der Waals surface area contributed by atoms with Gasteiger partial charge in [-0.2, -0.15) is 0 Å². The van der Waals surface area contributed by atoms with Gasteiger partial charge in [0.1, 0.15) is 5.75 Å². The second-order valence-electron chi connectivity index (χ2n) is 8.18. The average molecular weight is 450 g/mol. The van der Waals surface area contributed by atoms with Gasteiger partial charge in [0.15, 0.2) is 10.9 Å². The van der Waals surface area contributed by atoms with Gasteiger partial charge in [-0.25, -0.2) is 0 Å². The topological polar surface area (TPSA) is 72.3 Å². The molecule has 1 amide bonds. The van der Waals surface area contributed by atoms with Crippen molar-refractivity contribution in [1.29, 1.82) is 0 Å². The van der Waals surface area contributed by atoms with E-state index in [1.54, 1.807) is 0 Å². The van der Waals surface area contributed by atoms with E-state index in [4.69, 9.17) is 4.74 Å². The zero-order valence-corrected chi connectivity index (χ0v) is 18.8. The number of nitrogens with zero attached hydrogens (tertiary/aromatic N) is 4. The molecule has 0 unspecified atom stereocenters. The maximum Gasteiger partial charge on any atom is 0.234 e. The molecule has 5 rings (SSSR count). The smallest absolute Gasteiger partial charge is 0.234 e. The Balaban J connectivity index is 1.24. The second kappa shape index (κ2) is 9.65. The van der Waals surface area contributed by atoms with Crippen molar-refractivity contribution in [2.24, 2.45) is 0 Å². The van der Waals surface area contributed by atoms with Gasteiger partial charge in [-0.05, 0) is 56.4 Å². The van der Waals surface area contributed by atoms with Crippen LogP contribution >= 0.6 is 11.8 Å². The van der Waals surface area contributed by atoms with Crippen LogP contribution < -0.4 is 15.0 Å². The first-order valence-corrected chi connectivity index (χ1v) is 12.2. The van der Waals surface area contributed by atoms with Crippen molar-refractivity contribution in [3.63, 3.8) is 0 Å². The Hall–Kier alpha value is -3.00. The van der Waals surface area contributed by atoms with Gasteiger partial charge >= 0.3 is 0 Å². The molecule has 1 saturated carbocycles. The van der Waals surface area contributed by atoms with E-state index in [9.17, 15) is 4.79 Å². The molecule has 1 aliphatic heterocycles. The fraction of sp³-hybridized carbons (Fsp3) is 0.375. The quantitative estimate of drug-likeness (QED) is 0.481. The normalized spacial score (nSPS) is 16.1. The third kappa shape index (κ3) is 4.91. The van der Waals surface area contributed by atoms with Crippen molar-refractivity contribution in [3.05, 3.63) is 54.6 Å². The summed E-state index contributed by atoms with van der Waals surface area (Å²) in [6.07, 6.45) is 6.00. The van der Waals surface area contributed by atoms with E-state index >= 15 is 0 Å². The van der Waals surface area contributed by atoms with E-state index in [1.165, 1.54) is 31.0 Å². The van der Waals surface area contributed by atoms with E-state index in [1.807, 2.05) is 54.6 Å². The van der Waals surface area contributed by atoms with Crippen molar-refractivity contribution in [2.75, 3.05) is 29.1 Å². The molecule has 0 atom stereocenters. The maximum atomic E-state index is 12.7. The highest BCUT2D eigenvalue weighted by Crippen LogP contribution is 2.41. The second-order valence-corrected chi connectivity index (χ2v) is 9.12. The van der Waals surface area contributed by atoms with Crippen LogP contribution in [0.15, 0.2) is 59.8 Å². The van der Waals surface area contributed by atoms with Crippen LogP contribution in [0.2, 0.25) is 0 Å². The number of hydrogen-bond donors (Lipinski definition) is 1. The van der Waals surface area contributed by atoms with E-state index < -0.39 is 0 Å². The number of carbonyl (C=O) groups is 1. The largest absolute Gasteiger partial charge is 0.455 e. The molecule has 32 heavy (non-hydrogen) atoms. The third-order valence-electron chi connectivity index (χ3n) is 5.66. The van der Waals surface area contributed by atoms with Crippen LogP contribution in [0.3, 0.4) is 0 Å². The van der Waals surface area contributed by atoms with Crippen molar-refractivity contribution in [3.8, 4) is 11.5 Å². The summed E-state index contributed by atoms with van der Waals surface area (Å²) < 4.78 is 8.19. The molecule has 7 nitrogen and oxygen atoms in total. The lowest BCUT2D eigenvalue weighted by molar-refractivity contribution is -0.113. The van der Waals surface area contributed by atoms with Crippen LogP contribution in [0.1, 0.15) is 38.1 Å². The Morgan fingerprint density at radius 1 is 1.00 bits per heavy atom. The SMILES string of the molecule is O=C(CSc1nnc(N2CCCCC2)n1C1CC1)Nc1ccccc1Oc1ccccc1. The summed E-state index contributed by atoms with van der Waals surface area (Å²) in [5.41, 5.74) is 0.652. The number of aromatic nitrogens is 3. The Kier molecular flexibility index (Phi) is 6.29. The zero-order valence-electron chi connectivity index (χ0n) is 17.9. The molecule has 0 radical (unpaired) electrons. The van der Waals surface area contributed by atoms with E-state index in [0.29, 0.717) is 17.5 Å². The van der Waals surface area contributed by atoms with Gasteiger partial charge in [-0.15, -0.1) is 10.2 Å². The molecule has 1 saturated heterocycles. The Bertz CT molecular complexity index is 1060. The minimum absolute atomic E-state index is 0.0935. The molecule has 1 aliphatic carbocycles. The molecule has 1 aromatic heterocycles. The number of carbonyl (C=O) groups excluding carboxylic acids is 1. The summed E-state index contributed by atoms with van der Waals surface area (Å²) in [6.45, 7) is 2.07. The highest BCUT2D eigenvalue weighted by Gasteiger charge is 2.32. The zero-order chi connectivity index (χ0) is 21.8. The standard InChI is InChI=1S/C24H27N5O2S/c30-22(25-20-11-5-6-12-21(20)31-19-9-3-1-4-10-19)17-32-24-27-26-23(29(24)18-13-14-18)28-15-7-2-8-16-28/h1,3-6,9-12,18H,2,7-8,13-17H2,(H,25,30). The van der Waals surface area contributed by atoms with Gasteiger partial charge in [0.05, 0.1) is 11.4 Å². The van der Waals surface area contributed by atoms with Gasteiger partial charge < -0.3 is 15.0 Å². The lowest BCUT2D eigenvalue weighted by Crippen LogP contribution is -2.32. The molecule has 8 heteroatoms. The maximum absolute atomic E-state index is 12.7. The highest BCUT2D eigenvalue weighted by atomic mass is 32.2. The highest BCUT2D eigenvalue weighted by molar-refractivity contribution is 7.99. The van der Waals surface area contributed by atoms with Crippen LogP contribution in [0.5, 0.6) is 11.5 Å². The van der Waals surface area contributed by atoms with Gasteiger partial charge in [-0.1, -0.05) is 42.1 Å². The molecule has 1 N–H and O–H groups in total. The minimum atomic E-state index is -0.0935. The fourth-order valence-corrected chi connectivity index (χ4v) is 4.72. The van der Waals surface area contributed by atoms with E-state index in [0.717, 1.165) is 42.8 Å². The van der Waals surface area contributed by atoms with Crippen molar-refractivity contribution in [1.82, 2.24) is 14.8 Å². The molecule has 0 spiro atoms. The molecule has 2 fully saturated rings. The van der Waals surface area contributed by atoms with Crippen molar-refractivity contribution >= 4 is 29.3 Å². The molecule has 3 aromatic rings. The number of ether oxygens (including phenoxy) is 1. The van der Waals surface area contributed by atoms with Crippen LogP contribution in [-0.2, 0) is 4.79 Å². The van der Waals surface area contributed by atoms with E-state index in [-0.39, 0.29) is 11.7 Å². The summed E-state index contributed by atoms with van der Waals surface area (Å²) in [7, 11) is 0. The summed E-state index contributed by atoms with van der Waals surface area (Å²) in [4.78, 5) is 15.1. The molecule has 2 aromatic carbocycles. The minimum Gasteiger partial charge on any atom is -0.455 e. The first kappa shape index (κ1) is 20.9. The van der Waals surface area contributed by atoms with E-state index in [2.05, 4.69) is 25.0 Å². The predicted octanol–water partition coefficient (Wildman–Crippen LogP) is 5.13. The van der Waals surface area contributed by atoms with Crippen LogP contribution in [0.4, 0.5) is 11.6 Å². The van der Waals surface area contributed by atoms with Gasteiger partial charge in [0.25, 0.3) is 0 Å². The van der Waals surface area contributed by atoms with Gasteiger partial charge in [-0.3, -0.25) is 9.36 Å². The Labute approximate surface area is 192 Å². The lowest BCUT2D eigenvalue weighted by Gasteiger charge is -2.27. The number of anilines is 2. The van der Waals surface area contributed by atoms with Crippen LogP contribution in [0.25, 0.3) is 0 Å². The van der Waals surface area contributed by atoms with Crippen molar-refractivity contribution in [2.45, 2.75) is 43.3 Å². The van der Waals surface area contributed by atoms with Crippen LogP contribution in [-0.4, -0.2) is 39.5 Å². The summed E-state index contributed by atoms with van der Waals surface area (Å²) >= 11 is 1.45. The third-order valence-corrected chi connectivity index (χ3v) is 6.61. The summed E-state index contributed by atoms with van der Waals surface area (Å²) in [5.74, 6) is 2.49. The first-order chi connectivity index (χ1) is 15.8. The fourth-order valence-electron chi connectivity index (χ4n) is 3.92. The average Bonchev–Trinajstić information content (AvgIpc) is 3.59. The summed E-state index contributed by atoms with van der Waals surface area (Å²) in [5, 5.41) is 12.7. The van der Waals surface area contributed by atoms with Crippen LogP contribution in [0, 0.1) is 0 Å². The molecular formula is C24H27N5O2S. The van der Waals surface area contributed by atoms with Gasteiger partial charge in [0.2, 0.25) is 11.9 Å². The number of thioether (sulfide) groups is 1. The molecule has 166 valence electrons. The van der Waals surface area contributed by atoms with Crippen molar-refractivity contribution < 1.29 is 9.53 Å². The number of rotatable bonds is 8. The molecule has 2 aliphatic rings. The molecule has 0 bridgehead atoms. The molecular weight excluding hydrogens is 422 g/mol. The summed E-state index contributed by atoms with van der Waals surface area (Å²) in [6, 6.07) is 17.5. The monoisotopic (exact) mass is 449 g/mol.